The van der Waals surface area contributed by atoms with E-state index in [-0.39, 0.29) is 10.9 Å². The summed E-state index contributed by atoms with van der Waals surface area (Å²) in [5.74, 6) is -0.793. The molecule has 8 heteroatoms. The molecule has 0 radical (unpaired) electrons. The van der Waals surface area contributed by atoms with Gasteiger partial charge in [0.25, 0.3) is 0 Å². The van der Waals surface area contributed by atoms with Crippen molar-refractivity contribution in [3.63, 3.8) is 0 Å². The number of anilines is 2. The normalized spacial score (nSPS) is 11.4. The average molecular weight is 383 g/mol. The van der Waals surface area contributed by atoms with E-state index in [0.717, 1.165) is 12.1 Å². The Morgan fingerprint density at radius 2 is 1.69 bits per heavy atom. The predicted molar refractivity (Wildman–Crippen MR) is 94.9 cm³/mol. The number of hydrogen-bond donors (Lipinski definition) is 2. The van der Waals surface area contributed by atoms with Crippen molar-refractivity contribution >= 4 is 40.9 Å². The maximum Gasteiger partial charge on any atom is 0.416 e. The van der Waals surface area contributed by atoms with Gasteiger partial charge in [-0.2, -0.15) is 13.2 Å². The summed E-state index contributed by atoms with van der Waals surface area (Å²) in [6, 6.07) is 8.98. The molecule has 0 unspecified atom stereocenters. The number of alkyl halides is 3. The lowest BCUT2D eigenvalue weighted by atomic mass is 10.1. The van der Waals surface area contributed by atoms with Gasteiger partial charge in [-0.3, -0.25) is 9.59 Å². The number of benzene rings is 2. The van der Waals surface area contributed by atoms with Crippen molar-refractivity contribution in [2.75, 3.05) is 10.6 Å². The standard InChI is InChI=1S/C18H14ClF3N2O2/c1-11(25)23-14-7-8-15(19)16(10-14)24-17(26)9-4-12-2-5-13(6-3-12)18(20,21)22/h2-10H,1H3,(H,23,25)(H,24,26)/b9-4+. The Kier molecular flexibility index (Phi) is 6.05. The molecule has 2 amide bonds. The molecule has 0 aliphatic rings. The molecule has 2 N–H and O–H groups in total. The summed E-state index contributed by atoms with van der Waals surface area (Å²) >= 11 is 6.00. The lowest BCUT2D eigenvalue weighted by molar-refractivity contribution is -0.137. The lowest BCUT2D eigenvalue weighted by Crippen LogP contribution is -2.10. The van der Waals surface area contributed by atoms with Crippen molar-refractivity contribution in [3.05, 3.63) is 64.7 Å². The van der Waals surface area contributed by atoms with E-state index in [0.29, 0.717) is 16.9 Å². The van der Waals surface area contributed by atoms with Crippen molar-refractivity contribution < 1.29 is 22.8 Å². The Morgan fingerprint density at radius 3 is 2.27 bits per heavy atom. The Balaban J connectivity index is 2.06. The van der Waals surface area contributed by atoms with Crippen LogP contribution >= 0.6 is 11.6 Å². The number of amides is 2. The highest BCUT2D eigenvalue weighted by molar-refractivity contribution is 6.34. The monoisotopic (exact) mass is 382 g/mol. The molecule has 0 saturated carbocycles. The zero-order chi connectivity index (χ0) is 19.3. The molecule has 0 atom stereocenters. The largest absolute Gasteiger partial charge is 0.416 e. The SMILES string of the molecule is CC(=O)Nc1ccc(Cl)c(NC(=O)/C=C/c2ccc(C(F)(F)F)cc2)c1. The molecule has 136 valence electrons. The molecule has 0 spiro atoms. The zero-order valence-corrected chi connectivity index (χ0v) is 14.3. The maximum atomic E-state index is 12.5. The molecule has 0 saturated heterocycles. The molecular weight excluding hydrogens is 369 g/mol. The highest BCUT2D eigenvalue weighted by Gasteiger charge is 2.29. The first-order chi connectivity index (χ1) is 12.1. The minimum atomic E-state index is -4.41. The van der Waals surface area contributed by atoms with Crippen molar-refractivity contribution in [2.24, 2.45) is 0 Å². The Bertz CT molecular complexity index is 847. The molecule has 0 bridgehead atoms. The minimum absolute atomic E-state index is 0.271. The van der Waals surface area contributed by atoms with Crippen LogP contribution in [0.5, 0.6) is 0 Å². The van der Waals surface area contributed by atoms with Gasteiger partial charge in [0.05, 0.1) is 16.3 Å². The van der Waals surface area contributed by atoms with E-state index in [1.54, 1.807) is 6.07 Å². The maximum absolute atomic E-state index is 12.5. The van der Waals surface area contributed by atoms with Gasteiger partial charge < -0.3 is 10.6 Å². The van der Waals surface area contributed by atoms with Gasteiger partial charge in [0.1, 0.15) is 0 Å². The van der Waals surface area contributed by atoms with Gasteiger partial charge in [0, 0.05) is 18.7 Å². The highest BCUT2D eigenvalue weighted by atomic mass is 35.5. The highest BCUT2D eigenvalue weighted by Crippen LogP contribution is 2.29. The molecular formula is C18H14ClF3N2O2. The third-order valence-electron chi connectivity index (χ3n) is 3.21. The van der Waals surface area contributed by atoms with Gasteiger partial charge in [0.15, 0.2) is 0 Å². The summed E-state index contributed by atoms with van der Waals surface area (Å²) in [7, 11) is 0. The van der Waals surface area contributed by atoms with Crippen molar-refractivity contribution in [1.82, 2.24) is 0 Å². The second-order valence-electron chi connectivity index (χ2n) is 5.32. The van der Waals surface area contributed by atoms with E-state index in [1.807, 2.05) is 0 Å². The number of nitrogens with one attached hydrogen (secondary N) is 2. The fourth-order valence-corrected chi connectivity index (χ4v) is 2.20. The third-order valence-corrected chi connectivity index (χ3v) is 3.54. The molecule has 0 fully saturated rings. The third kappa shape index (κ3) is 5.63. The second-order valence-corrected chi connectivity index (χ2v) is 5.73. The Labute approximate surface area is 152 Å². The summed E-state index contributed by atoms with van der Waals surface area (Å²) < 4.78 is 37.5. The predicted octanol–water partition coefficient (Wildman–Crippen LogP) is 4.97. The van der Waals surface area contributed by atoms with Gasteiger partial charge in [-0.05, 0) is 42.0 Å². The number of carbonyl (C=O) groups excluding carboxylic acids is 2. The van der Waals surface area contributed by atoms with E-state index in [1.165, 1.54) is 43.3 Å². The van der Waals surface area contributed by atoms with E-state index >= 15 is 0 Å². The molecule has 26 heavy (non-hydrogen) atoms. The first kappa shape index (κ1) is 19.5. The fraction of sp³-hybridized carbons (Fsp3) is 0.111. The average Bonchev–Trinajstić information content (AvgIpc) is 2.55. The van der Waals surface area contributed by atoms with E-state index in [9.17, 15) is 22.8 Å². The van der Waals surface area contributed by atoms with Crippen LogP contribution in [0.15, 0.2) is 48.5 Å². The summed E-state index contributed by atoms with van der Waals surface area (Å²) in [6.45, 7) is 1.35. The Hall–Kier alpha value is -2.80. The minimum Gasteiger partial charge on any atom is -0.326 e. The fourth-order valence-electron chi connectivity index (χ4n) is 2.03. The molecule has 0 heterocycles. The number of rotatable bonds is 4. The summed E-state index contributed by atoms with van der Waals surface area (Å²) in [5.41, 5.74) is 0.427. The molecule has 0 aliphatic carbocycles. The van der Waals surface area contributed by atoms with Crippen LogP contribution in [-0.4, -0.2) is 11.8 Å². The number of hydrogen-bond acceptors (Lipinski definition) is 2. The Morgan fingerprint density at radius 1 is 1.04 bits per heavy atom. The van der Waals surface area contributed by atoms with Crippen LogP contribution in [0.1, 0.15) is 18.1 Å². The first-order valence-corrected chi connectivity index (χ1v) is 7.76. The van der Waals surface area contributed by atoms with Crippen LogP contribution in [0.2, 0.25) is 5.02 Å². The summed E-state index contributed by atoms with van der Waals surface area (Å²) in [4.78, 5) is 23.0. The molecule has 2 aromatic rings. The van der Waals surface area contributed by atoms with Crippen molar-refractivity contribution in [2.45, 2.75) is 13.1 Å². The topological polar surface area (TPSA) is 58.2 Å². The van der Waals surface area contributed by atoms with Crippen LogP contribution in [0, 0.1) is 0 Å². The quantitative estimate of drug-likeness (QED) is 0.733. The summed E-state index contributed by atoms with van der Waals surface area (Å²) in [5, 5.41) is 5.38. The molecule has 0 aliphatic heterocycles. The second kappa shape index (κ2) is 8.05. The molecule has 4 nitrogen and oxygen atoms in total. The van der Waals surface area contributed by atoms with Crippen LogP contribution in [-0.2, 0) is 15.8 Å². The van der Waals surface area contributed by atoms with Gasteiger partial charge >= 0.3 is 6.18 Å². The van der Waals surface area contributed by atoms with Gasteiger partial charge in [0.2, 0.25) is 11.8 Å². The number of halogens is 4. The van der Waals surface area contributed by atoms with Crippen LogP contribution in [0.3, 0.4) is 0 Å². The van der Waals surface area contributed by atoms with E-state index in [4.69, 9.17) is 11.6 Å². The molecule has 2 aromatic carbocycles. The van der Waals surface area contributed by atoms with Gasteiger partial charge in [-0.1, -0.05) is 23.7 Å². The van der Waals surface area contributed by atoms with E-state index in [2.05, 4.69) is 10.6 Å². The lowest BCUT2D eigenvalue weighted by Gasteiger charge is -2.08. The molecule has 2 rings (SSSR count). The van der Waals surface area contributed by atoms with Gasteiger partial charge in [-0.15, -0.1) is 0 Å². The van der Waals surface area contributed by atoms with Crippen molar-refractivity contribution in [3.8, 4) is 0 Å². The van der Waals surface area contributed by atoms with Crippen molar-refractivity contribution in [1.29, 1.82) is 0 Å². The van der Waals surface area contributed by atoms with Crippen LogP contribution in [0.4, 0.5) is 24.5 Å². The zero-order valence-electron chi connectivity index (χ0n) is 13.5. The van der Waals surface area contributed by atoms with Crippen LogP contribution < -0.4 is 10.6 Å². The van der Waals surface area contributed by atoms with E-state index < -0.39 is 17.6 Å². The smallest absolute Gasteiger partial charge is 0.326 e. The first-order valence-electron chi connectivity index (χ1n) is 7.38. The van der Waals surface area contributed by atoms with Gasteiger partial charge in [-0.25, -0.2) is 0 Å². The summed E-state index contributed by atoms with van der Waals surface area (Å²) in [6.07, 6.45) is -1.86. The number of carbonyl (C=O) groups is 2. The molecule has 0 aromatic heterocycles. The van der Waals surface area contributed by atoms with Crippen LogP contribution in [0.25, 0.3) is 6.08 Å².